The molecule has 18 nitrogen and oxygen atoms in total. The number of nitrogens with one attached hydrogen (secondary N) is 2. The SMILES string of the molecule is C.CCOC(=O)CI.CCOC(=O)Cn1c2ccccc2c(=O)c2ccc(Cl)c(C)c21.CCOC(=O)Cn1c2ccccc2c(=O)c2ccc(Cl)c(CBr)c21.Cc1c(Cl)ccc2c(=O)c3ccccc3[nH]c12.Cc1c(Cl)cccc1I.Cc1c(Cl)cccc1Nc1ccccc1C(=O)O.Nc1ccccc1C(=O)O. The summed E-state index contributed by atoms with van der Waals surface area (Å²) in [4.78, 5) is 96.9. The minimum atomic E-state index is -0.988. The zero-order valence-corrected chi connectivity index (χ0v) is 69.0. The molecule has 0 radical (unpaired) electrons. The van der Waals surface area contributed by atoms with E-state index in [2.05, 4.69) is 53.6 Å². The number of aryl methyl sites for hydroxylation is 2. The Labute approximate surface area is 689 Å². The Bertz CT molecular complexity index is 5660. The molecule has 6 N–H and O–H groups in total. The molecule has 0 atom stereocenters. The van der Waals surface area contributed by atoms with E-state index in [4.69, 9.17) is 83.4 Å². The van der Waals surface area contributed by atoms with E-state index < -0.39 is 11.9 Å². The van der Waals surface area contributed by atoms with Crippen LogP contribution >= 0.6 is 119 Å². The number of aromatic amines is 1. The van der Waals surface area contributed by atoms with Crippen LogP contribution in [0.15, 0.2) is 209 Å². The molecule has 0 aliphatic carbocycles. The number of pyridine rings is 3. The number of halogens is 8. The molecule has 0 spiro atoms. The number of carbonyl (C=O) groups excluding carboxylic acids is 3. The fraction of sp³-hybridized carbons (Fsp3) is 0.181. The average Bonchev–Trinajstić information content (AvgIpc) is 0.750. The number of esters is 3. The van der Waals surface area contributed by atoms with E-state index in [1.165, 1.54) is 15.2 Å². The predicted octanol–water partition coefficient (Wildman–Crippen LogP) is 21.5. The van der Waals surface area contributed by atoms with Crippen molar-refractivity contribution in [3.8, 4) is 0 Å². The monoisotopic (exact) mass is 1860 g/mol. The number of ether oxygens (including phenoxy) is 3. The number of nitrogens with two attached hydrogens (primary N) is 1. The third kappa shape index (κ3) is 22.8. The number of hydrogen-bond donors (Lipinski definition) is 5. The Morgan fingerprint density at radius 1 is 0.468 bits per heavy atom. The van der Waals surface area contributed by atoms with E-state index in [-0.39, 0.29) is 65.8 Å². The van der Waals surface area contributed by atoms with Gasteiger partial charge >= 0.3 is 29.8 Å². The number of nitrogen functional groups attached to an aromatic ring is 1. The van der Waals surface area contributed by atoms with Gasteiger partial charge in [0.25, 0.3) is 0 Å². The van der Waals surface area contributed by atoms with Crippen LogP contribution in [0.3, 0.4) is 0 Å². The quantitative estimate of drug-likeness (QED) is 0.0179. The van der Waals surface area contributed by atoms with Gasteiger partial charge in [0.15, 0.2) is 16.3 Å². The Kier molecular flexibility index (Phi) is 34.9. The number of fused-ring (bicyclic) bond motifs is 6. The molecule has 0 fully saturated rings. The van der Waals surface area contributed by atoms with Gasteiger partial charge in [0.2, 0.25) is 0 Å². The van der Waals surface area contributed by atoms with Gasteiger partial charge in [-0.2, -0.15) is 0 Å². The summed E-state index contributed by atoms with van der Waals surface area (Å²) in [5, 5.41) is 28.1. The molecule has 0 aliphatic rings. The van der Waals surface area contributed by atoms with Crippen LogP contribution < -0.4 is 27.3 Å². The number of anilines is 3. The van der Waals surface area contributed by atoms with Crippen molar-refractivity contribution in [2.24, 2.45) is 0 Å². The van der Waals surface area contributed by atoms with Crippen LogP contribution in [0.4, 0.5) is 17.1 Å². The van der Waals surface area contributed by atoms with Crippen LogP contribution in [-0.2, 0) is 47.0 Å². The number of carboxylic acids is 2. The van der Waals surface area contributed by atoms with Crippen molar-refractivity contribution in [3.63, 3.8) is 0 Å². The number of aromatic nitrogens is 3. The van der Waals surface area contributed by atoms with Crippen LogP contribution in [0.2, 0.25) is 25.1 Å². The molecule has 0 amide bonds. The number of nitrogens with zero attached hydrogens (tertiary/aromatic N) is 2. The first kappa shape index (κ1) is 88.8. The maximum atomic E-state index is 12.8. The topological polar surface area (TPSA) is 268 Å². The van der Waals surface area contributed by atoms with Crippen molar-refractivity contribution in [3.05, 3.63) is 292 Å². The number of carboxylic acid groups (broad SMARTS) is 2. The first-order valence-corrected chi connectivity index (χ1v) is 38.8. The Morgan fingerprint density at radius 3 is 1.39 bits per heavy atom. The molecule has 0 unspecified atom stereocenters. The first-order chi connectivity index (χ1) is 51.6. The molecule has 10 aromatic carbocycles. The van der Waals surface area contributed by atoms with E-state index in [1.807, 2.05) is 150 Å². The minimum absolute atomic E-state index is 0. The number of para-hydroxylation sites is 5. The van der Waals surface area contributed by atoms with Gasteiger partial charge in [-0.25, -0.2) is 9.59 Å². The zero-order valence-electron chi connectivity index (χ0n) is 59.3. The van der Waals surface area contributed by atoms with Gasteiger partial charge in [0, 0.05) is 88.8 Å². The van der Waals surface area contributed by atoms with E-state index >= 15 is 0 Å². The van der Waals surface area contributed by atoms with Crippen LogP contribution in [0.25, 0.3) is 65.4 Å². The number of alkyl halides is 2. The second-order valence-electron chi connectivity index (χ2n) is 23.3. The standard InChI is InChI=1S/C18H15BrClNO3.C18H16ClNO3.C14H12ClNO2.C14H10ClNO.C7H6ClI.C7H7NO2.C4H7IO2.CH4/c1-2-24-16(22)10-21-15-6-4-3-5-11(15)18(23)12-7-8-14(20)13(9-19)17(12)21;1-3-23-16(21)10-20-15-7-5-4-6-12(15)18(22)13-8-9-14(19)11(2)17(13)20;1-9-11(15)6-4-8-12(9)16-13-7-3-2-5-10(13)14(17)18;1-8-11(15)7-6-10-13(8)16-12-5-3-2-4-9(12)14(10)17;1-5-6(8)3-2-4-7(5)9;8-6-4-2-1-3-5(6)7(9)10;1-2-7-4(6)3-5;/h3-8H,2,9-10H2,1H3;4-9H,3,10H2,1-2H3;2-8,16H,1H3,(H,17,18);2-7H,1H3,(H,16,17);2-4H,1H3;1-4H,8H2,(H,9,10);2-3H2,1H3;1H4. The fourth-order valence-electron chi connectivity index (χ4n) is 11.0. The van der Waals surface area contributed by atoms with Gasteiger partial charge < -0.3 is 49.6 Å². The molecular weight excluding hydrogens is 1790 g/mol. The van der Waals surface area contributed by atoms with Gasteiger partial charge in [-0.3, -0.25) is 28.8 Å². The van der Waals surface area contributed by atoms with Gasteiger partial charge in [-0.15, -0.1) is 0 Å². The fourth-order valence-corrected chi connectivity index (χ4v) is 13.5. The van der Waals surface area contributed by atoms with Crippen LogP contribution in [-0.4, -0.2) is 78.4 Å². The lowest BCUT2D eigenvalue weighted by atomic mass is 10.1. The van der Waals surface area contributed by atoms with Gasteiger partial charge in [0.1, 0.15) is 13.1 Å². The highest BCUT2D eigenvalue weighted by Gasteiger charge is 2.20. The molecule has 0 saturated carbocycles. The highest BCUT2D eigenvalue weighted by atomic mass is 127. The summed E-state index contributed by atoms with van der Waals surface area (Å²) in [6.45, 7) is 14.1. The van der Waals surface area contributed by atoms with Crippen molar-refractivity contribution < 1.29 is 48.4 Å². The zero-order chi connectivity index (χ0) is 79.1. The number of hydrogen-bond acceptors (Lipinski definition) is 13. The molecular formula is C83H77BrCl5I2N5O13. The number of carbonyl (C=O) groups is 5. The third-order valence-electron chi connectivity index (χ3n) is 16.4. The van der Waals surface area contributed by atoms with Crippen molar-refractivity contribution in [1.82, 2.24) is 14.1 Å². The smallest absolute Gasteiger partial charge is 0.337 e. The number of H-pyrrole nitrogens is 1. The maximum absolute atomic E-state index is 12.8. The number of aromatic carboxylic acids is 2. The van der Waals surface area contributed by atoms with E-state index in [1.54, 1.807) is 118 Å². The summed E-state index contributed by atoms with van der Waals surface area (Å²) in [7, 11) is 0. The number of rotatable bonds is 13. The van der Waals surface area contributed by atoms with E-state index in [0.29, 0.717) is 115 Å². The summed E-state index contributed by atoms with van der Waals surface area (Å²) < 4.78 is 20.0. The maximum Gasteiger partial charge on any atom is 0.337 e. The molecule has 568 valence electrons. The van der Waals surface area contributed by atoms with Crippen molar-refractivity contribution in [2.45, 2.75) is 74.3 Å². The second kappa shape index (κ2) is 42.8. The normalized spacial score (nSPS) is 10.4. The van der Waals surface area contributed by atoms with Gasteiger partial charge in [-0.05, 0) is 215 Å². The Morgan fingerprint density at radius 2 is 0.890 bits per heavy atom. The minimum Gasteiger partial charge on any atom is -0.478 e. The first-order valence-electron chi connectivity index (χ1n) is 33.2. The molecule has 0 aliphatic heterocycles. The summed E-state index contributed by atoms with van der Waals surface area (Å²) in [5.74, 6) is -2.78. The van der Waals surface area contributed by atoms with E-state index in [0.717, 1.165) is 44.0 Å². The average molecular weight is 1860 g/mol. The molecule has 26 heteroatoms. The molecule has 0 bridgehead atoms. The lowest BCUT2D eigenvalue weighted by molar-refractivity contribution is -0.144. The predicted molar refractivity (Wildman–Crippen MR) is 466 cm³/mol. The Hall–Kier alpha value is -9.05. The molecule has 3 aromatic heterocycles. The highest BCUT2D eigenvalue weighted by Crippen LogP contribution is 2.33. The summed E-state index contributed by atoms with van der Waals surface area (Å²) >= 11 is 38.1. The van der Waals surface area contributed by atoms with Gasteiger partial charge in [0.05, 0.1) is 68.6 Å². The van der Waals surface area contributed by atoms with Crippen LogP contribution in [0, 0.1) is 31.3 Å². The summed E-state index contributed by atoms with van der Waals surface area (Å²) in [6, 6.07) is 56.9. The third-order valence-corrected chi connectivity index (χ3v) is 20.7. The molecule has 13 aromatic rings. The summed E-state index contributed by atoms with van der Waals surface area (Å²) in [5.41, 5.74) is 16.2. The van der Waals surface area contributed by atoms with Crippen molar-refractivity contribution in [1.29, 1.82) is 0 Å². The van der Waals surface area contributed by atoms with Crippen LogP contribution in [0.5, 0.6) is 0 Å². The number of benzene rings is 10. The van der Waals surface area contributed by atoms with E-state index in [9.17, 15) is 38.4 Å². The molecule has 0 saturated heterocycles. The van der Waals surface area contributed by atoms with Crippen molar-refractivity contribution in [2.75, 3.05) is 35.3 Å². The van der Waals surface area contributed by atoms with Gasteiger partial charge in [-0.1, -0.05) is 177 Å². The highest BCUT2D eigenvalue weighted by molar-refractivity contribution is 14.1. The molecule has 3 heterocycles. The lowest BCUT2D eigenvalue weighted by Gasteiger charge is -2.17. The largest absolute Gasteiger partial charge is 0.478 e. The lowest BCUT2D eigenvalue weighted by Crippen LogP contribution is -2.19. The summed E-state index contributed by atoms with van der Waals surface area (Å²) in [6.07, 6.45) is 0. The Balaban J connectivity index is 0.000000205. The second-order valence-corrected chi connectivity index (χ2v) is 27.8. The van der Waals surface area contributed by atoms with Crippen LogP contribution in [0.1, 0.15) is 76.7 Å². The molecule has 109 heavy (non-hydrogen) atoms. The van der Waals surface area contributed by atoms with Crippen molar-refractivity contribution >= 4 is 231 Å². The molecule has 13 rings (SSSR count).